The second kappa shape index (κ2) is 2.84. The molecule has 2 aliphatic carbocycles. The minimum atomic E-state index is -0.0313. The van der Waals surface area contributed by atoms with Crippen molar-refractivity contribution in [2.45, 2.75) is 46.1 Å². The molecule has 0 aromatic heterocycles. The van der Waals surface area contributed by atoms with Crippen molar-refractivity contribution in [3.8, 4) is 0 Å². The zero-order valence-corrected chi connectivity index (χ0v) is 10.2. The third-order valence-corrected chi connectivity index (χ3v) is 4.75. The fourth-order valence-corrected chi connectivity index (χ4v) is 3.16. The Morgan fingerprint density at radius 3 is 2.00 bits per heavy atom. The summed E-state index contributed by atoms with van der Waals surface area (Å²) in [5.41, 5.74) is 0.601. The van der Waals surface area contributed by atoms with Crippen LogP contribution in [0.15, 0.2) is 0 Å². The van der Waals surface area contributed by atoms with Gasteiger partial charge in [-0.3, -0.25) is 0 Å². The first-order chi connectivity index (χ1) is 4.98. The molecule has 3 unspecified atom stereocenters. The number of fused-ring (bicyclic) bond motifs is 2. The van der Waals surface area contributed by atoms with Gasteiger partial charge in [0, 0.05) is 22.4 Å². The quantitative estimate of drug-likeness (QED) is 0.664. The molecule has 0 aromatic rings. The first kappa shape index (κ1) is 10.8. The molecular formula is C10H18AuO. The van der Waals surface area contributed by atoms with Gasteiger partial charge in [-0.25, -0.2) is 0 Å². The Morgan fingerprint density at radius 2 is 1.83 bits per heavy atom. The Balaban J connectivity index is 0.000000720. The van der Waals surface area contributed by atoms with Crippen molar-refractivity contribution in [2.24, 2.45) is 16.7 Å². The molecule has 2 fully saturated rings. The zero-order chi connectivity index (χ0) is 8.28. The minimum Gasteiger partial charge on any atom is -0.393 e. The molecule has 2 bridgehead atoms. The maximum absolute atomic E-state index is 9.81. The summed E-state index contributed by atoms with van der Waals surface area (Å²) in [5.74, 6) is 0.780. The fraction of sp³-hybridized carbons (Fsp3) is 1.00. The summed E-state index contributed by atoms with van der Waals surface area (Å²) < 4.78 is 0. The Bertz CT molecular complexity index is 190. The summed E-state index contributed by atoms with van der Waals surface area (Å²) >= 11 is 0. The van der Waals surface area contributed by atoms with E-state index in [4.69, 9.17) is 0 Å². The molecule has 0 spiro atoms. The average molecular weight is 351 g/mol. The molecule has 2 heteroatoms. The summed E-state index contributed by atoms with van der Waals surface area (Å²) in [6, 6.07) is 0. The number of rotatable bonds is 0. The maximum Gasteiger partial charge on any atom is 0.0601 e. The fourth-order valence-electron chi connectivity index (χ4n) is 3.16. The van der Waals surface area contributed by atoms with Crippen LogP contribution in [0.5, 0.6) is 0 Å². The Kier molecular flexibility index (Phi) is 2.56. The monoisotopic (exact) mass is 351 g/mol. The van der Waals surface area contributed by atoms with Crippen LogP contribution >= 0.6 is 0 Å². The van der Waals surface area contributed by atoms with E-state index in [1.54, 1.807) is 0 Å². The normalized spacial score (nSPS) is 49.0. The summed E-state index contributed by atoms with van der Waals surface area (Å²) in [5, 5.41) is 9.81. The number of aliphatic hydroxyl groups excluding tert-OH is 1. The molecule has 0 aromatic carbocycles. The molecule has 0 saturated heterocycles. The average Bonchev–Trinajstić information content (AvgIpc) is 2.20. The molecule has 0 aliphatic heterocycles. The van der Waals surface area contributed by atoms with Gasteiger partial charge in [-0.15, -0.1) is 0 Å². The molecular weight excluding hydrogens is 333 g/mol. The smallest absolute Gasteiger partial charge is 0.0601 e. The summed E-state index contributed by atoms with van der Waals surface area (Å²) in [6.45, 7) is 6.90. The van der Waals surface area contributed by atoms with Crippen molar-refractivity contribution in [3.63, 3.8) is 0 Å². The predicted octanol–water partition coefficient (Wildman–Crippen LogP) is 2.19. The first-order valence-corrected chi connectivity index (χ1v) is 4.66. The molecule has 3 atom stereocenters. The van der Waals surface area contributed by atoms with Crippen LogP contribution < -0.4 is 0 Å². The molecule has 1 radical (unpaired) electrons. The molecule has 0 heterocycles. The molecule has 1 N–H and O–H groups in total. The summed E-state index contributed by atoms with van der Waals surface area (Å²) in [7, 11) is 0. The minimum absolute atomic E-state index is 0. The Labute approximate surface area is 90.4 Å². The summed E-state index contributed by atoms with van der Waals surface area (Å²) in [4.78, 5) is 0. The van der Waals surface area contributed by atoms with Crippen molar-refractivity contribution in [1.82, 2.24) is 0 Å². The summed E-state index contributed by atoms with van der Waals surface area (Å²) in [6.07, 6.45) is 3.58. The van der Waals surface area contributed by atoms with E-state index in [1.165, 1.54) is 12.8 Å². The number of hydrogen-bond donors (Lipinski definition) is 1. The van der Waals surface area contributed by atoms with Gasteiger partial charge < -0.3 is 5.11 Å². The molecule has 75 valence electrons. The van der Waals surface area contributed by atoms with Crippen LogP contribution in [-0.4, -0.2) is 11.2 Å². The van der Waals surface area contributed by atoms with Gasteiger partial charge in [0.15, 0.2) is 0 Å². The van der Waals surface area contributed by atoms with Crippen molar-refractivity contribution in [2.75, 3.05) is 0 Å². The van der Waals surface area contributed by atoms with Crippen molar-refractivity contribution in [3.05, 3.63) is 0 Å². The maximum atomic E-state index is 9.81. The third kappa shape index (κ3) is 1.00. The van der Waals surface area contributed by atoms with E-state index in [0.29, 0.717) is 5.41 Å². The van der Waals surface area contributed by atoms with Crippen LogP contribution in [0.3, 0.4) is 0 Å². The zero-order valence-electron chi connectivity index (χ0n) is 8.02. The molecule has 2 aliphatic rings. The first-order valence-electron chi connectivity index (χ1n) is 4.66. The van der Waals surface area contributed by atoms with Gasteiger partial charge in [-0.2, -0.15) is 0 Å². The molecule has 2 rings (SSSR count). The van der Waals surface area contributed by atoms with Gasteiger partial charge in [0.05, 0.1) is 6.10 Å². The number of hydrogen-bond acceptors (Lipinski definition) is 1. The van der Waals surface area contributed by atoms with Crippen LogP contribution in [0.4, 0.5) is 0 Å². The molecule has 1 nitrogen and oxygen atoms in total. The molecule has 0 amide bonds. The van der Waals surface area contributed by atoms with Gasteiger partial charge in [0.25, 0.3) is 0 Å². The van der Waals surface area contributed by atoms with Crippen molar-refractivity contribution in [1.29, 1.82) is 0 Å². The second-order valence-electron chi connectivity index (χ2n) is 5.13. The predicted molar refractivity (Wildman–Crippen MR) is 45.2 cm³/mol. The van der Waals surface area contributed by atoms with Gasteiger partial charge in [-0.1, -0.05) is 20.8 Å². The van der Waals surface area contributed by atoms with Gasteiger partial charge >= 0.3 is 0 Å². The van der Waals surface area contributed by atoms with E-state index in [9.17, 15) is 5.11 Å². The van der Waals surface area contributed by atoms with Crippen LogP contribution in [-0.2, 0) is 22.4 Å². The molecule has 12 heavy (non-hydrogen) atoms. The van der Waals surface area contributed by atoms with E-state index >= 15 is 0 Å². The van der Waals surface area contributed by atoms with Crippen LogP contribution in [0, 0.1) is 16.7 Å². The molecule has 2 saturated carbocycles. The van der Waals surface area contributed by atoms with E-state index in [1.807, 2.05) is 0 Å². The van der Waals surface area contributed by atoms with Crippen LogP contribution in [0.1, 0.15) is 40.0 Å². The van der Waals surface area contributed by atoms with Crippen LogP contribution in [0.25, 0.3) is 0 Å². The van der Waals surface area contributed by atoms with Gasteiger partial charge in [-0.05, 0) is 36.0 Å². The van der Waals surface area contributed by atoms with Gasteiger partial charge in [0.1, 0.15) is 0 Å². The number of aliphatic hydroxyl groups is 1. The van der Waals surface area contributed by atoms with Crippen molar-refractivity contribution < 1.29 is 27.5 Å². The van der Waals surface area contributed by atoms with Crippen LogP contribution in [0.2, 0.25) is 0 Å². The van der Waals surface area contributed by atoms with Crippen molar-refractivity contribution >= 4 is 0 Å². The largest absolute Gasteiger partial charge is 0.393 e. The standard InChI is InChI=1S/C10H18O.Au/c1-9(2)7-4-5-10(9,3)8(11)6-7;/h7-8,11H,4-6H2,1-3H3;. The van der Waals surface area contributed by atoms with E-state index in [0.717, 1.165) is 12.3 Å². The SMILES string of the molecule is CC1(C)C2CCC1(C)C(O)C2.[Au]. The van der Waals surface area contributed by atoms with E-state index < -0.39 is 0 Å². The Hall–Kier alpha value is 0.700. The topological polar surface area (TPSA) is 20.2 Å². The van der Waals surface area contributed by atoms with E-state index in [-0.39, 0.29) is 33.9 Å². The van der Waals surface area contributed by atoms with Gasteiger partial charge in [0.2, 0.25) is 0 Å². The van der Waals surface area contributed by atoms with E-state index in [2.05, 4.69) is 20.8 Å². The second-order valence-corrected chi connectivity index (χ2v) is 5.13. The Morgan fingerprint density at radius 1 is 1.25 bits per heavy atom. The third-order valence-electron chi connectivity index (χ3n) is 4.75.